The van der Waals surface area contributed by atoms with Gasteiger partial charge in [-0.2, -0.15) is 0 Å². The van der Waals surface area contributed by atoms with Crippen LogP contribution >= 0.6 is 0 Å². The van der Waals surface area contributed by atoms with Gasteiger partial charge in [-0.25, -0.2) is 0 Å². The van der Waals surface area contributed by atoms with Gasteiger partial charge in [0, 0.05) is 32.1 Å². The lowest BCUT2D eigenvalue weighted by molar-refractivity contribution is 0.0188. The summed E-state index contributed by atoms with van der Waals surface area (Å²) < 4.78 is 5.40. The number of ether oxygens (including phenoxy) is 1. The molecule has 0 spiro atoms. The molecule has 0 fully saturated rings. The molecule has 0 radical (unpaired) electrons. The van der Waals surface area contributed by atoms with E-state index in [1.165, 1.54) is 0 Å². The van der Waals surface area contributed by atoms with Gasteiger partial charge in [0.05, 0.1) is 12.7 Å². The third-order valence-corrected chi connectivity index (χ3v) is 2.65. The third kappa shape index (κ3) is 6.69. The molecular formula is C14H24N2O2. The van der Waals surface area contributed by atoms with E-state index in [9.17, 15) is 5.11 Å². The van der Waals surface area contributed by atoms with E-state index >= 15 is 0 Å². The Morgan fingerprint density at radius 2 is 2.33 bits per heavy atom. The van der Waals surface area contributed by atoms with Gasteiger partial charge >= 0.3 is 0 Å². The normalized spacial score (nSPS) is 12.9. The Kier molecular flexibility index (Phi) is 7.57. The zero-order valence-electron chi connectivity index (χ0n) is 11.4. The number of rotatable bonds is 9. The van der Waals surface area contributed by atoms with Crippen molar-refractivity contribution in [2.75, 3.05) is 26.8 Å². The van der Waals surface area contributed by atoms with Crippen molar-refractivity contribution >= 4 is 0 Å². The Hall–Kier alpha value is -0.970. The monoisotopic (exact) mass is 252 g/mol. The molecule has 18 heavy (non-hydrogen) atoms. The van der Waals surface area contributed by atoms with Crippen molar-refractivity contribution in [3.63, 3.8) is 0 Å². The number of likely N-dealkylation sites (N-methyl/N-ethyl adjacent to an activating group) is 1. The highest BCUT2D eigenvalue weighted by Gasteiger charge is 2.08. The number of aromatic nitrogens is 1. The van der Waals surface area contributed by atoms with Gasteiger partial charge in [0.15, 0.2) is 0 Å². The Morgan fingerprint density at radius 3 is 3.00 bits per heavy atom. The van der Waals surface area contributed by atoms with Crippen molar-refractivity contribution < 1.29 is 9.84 Å². The molecule has 1 rings (SSSR count). The smallest absolute Gasteiger partial charge is 0.0900 e. The SMILES string of the molecule is CCCCOCC(O)CN(C)Cc1cccnc1. The van der Waals surface area contributed by atoms with Crippen LogP contribution in [-0.4, -0.2) is 47.9 Å². The fourth-order valence-corrected chi connectivity index (χ4v) is 1.75. The quantitative estimate of drug-likeness (QED) is 0.679. The van der Waals surface area contributed by atoms with Crippen molar-refractivity contribution in [2.24, 2.45) is 0 Å². The molecule has 1 N–H and O–H groups in total. The second-order valence-electron chi connectivity index (χ2n) is 4.64. The number of aliphatic hydroxyl groups is 1. The highest BCUT2D eigenvalue weighted by molar-refractivity contribution is 5.07. The molecule has 4 heteroatoms. The van der Waals surface area contributed by atoms with Gasteiger partial charge in [-0.1, -0.05) is 19.4 Å². The maximum atomic E-state index is 9.81. The van der Waals surface area contributed by atoms with Crippen LogP contribution in [0.4, 0.5) is 0 Å². The van der Waals surface area contributed by atoms with Crippen LogP contribution in [0.2, 0.25) is 0 Å². The minimum Gasteiger partial charge on any atom is -0.389 e. The molecule has 0 saturated heterocycles. The predicted octanol–water partition coefficient (Wildman–Crippen LogP) is 1.69. The Balaban J connectivity index is 2.17. The molecular weight excluding hydrogens is 228 g/mol. The maximum absolute atomic E-state index is 9.81. The third-order valence-electron chi connectivity index (χ3n) is 2.65. The highest BCUT2D eigenvalue weighted by atomic mass is 16.5. The van der Waals surface area contributed by atoms with Crippen LogP contribution in [0.5, 0.6) is 0 Å². The molecule has 102 valence electrons. The van der Waals surface area contributed by atoms with Crippen LogP contribution in [0.25, 0.3) is 0 Å². The number of nitrogens with zero attached hydrogens (tertiary/aromatic N) is 2. The summed E-state index contributed by atoms with van der Waals surface area (Å²) in [5, 5.41) is 9.81. The van der Waals surface area contributed by atoms with Gasteiger partial charge in [0.2, 0.25) is 0 Å². The van der Waals surface area contributed by atoms with E-state index in [0.717, 1.165) is 31.6 Å². The molecule has 0 amide bonds. The van der Waals surface area contributed by atoms with Crippen LogP contribution in [0, 0.1) is 0 Å². The molecule has 1 aromatic heterocycles. The first-order valence-corrected chi connectivity index (χ1v) is 6.55. The molecule has 1 atom stereocenters. The summed E-state index contributed by atoms with van der Waals surface area (Å²) in [7, 11) is 1.99. The van der Waals surface area contributed by atoms with Gasteiger partial charge in [0.1, 0.15) is 0 Å². The summed E-state index contributed by atoms with van der Waals surface area (Å²) >= 11 is 0. The standard InChI is InChI=1S/C14H24N2O2/c1-3-4-8-18-12-14(17)11-16(2)10-13-6-5-7-15-9-13/h5-7,9,14,17H,3-4,8,10-12H2,1-2H3. The van der Waals surface area contributed by atoms with Crippen LogP contribution in [-0.2, 0) is 11.3 Å². The molecule has 0 aliphatic heterocycles. The molecule has 0 bridgehead atoms. The predicted molar refractivity (Wildman–Crippen MR) is 72.3 cm³/mol. The summed E-state index contributed by atoms with van der Waals surface area (Å²) in [6.07, 6.45) is 5.36. The number of aliphatic hydroxyl groups excluding tert-OH is 1. The highest BCUT2D eigenvalue weighted by Crippen LogP contribution is 2.02. The van der Waals surface area contributed by atoms with E-state index in [4.69, 9.17) is 4.74 Å². The van der Waals surface area contributed by atoms with Crippen molar-refractivity contribution in [3.8, 4) is 0 Å². The largest absolute Gasteiger partial charge is 0.389 e. The van der Waals surface area contributed by atoms with E-state index in [-0.39, 0.29) is 0 Å². The fourth-order valence-electron chi connectivity index (χ4n) is 1.75. The van der Waals surface area contributed by atoms with Crippen LogP contribution in [0.3, 0.4) is 0 Å². The van der Waals surface area contributed by atoms with Gasteiger partial charge in [0.25, 0.3) is 0 Å². The van der Waals surface area contributed by atoms with Crippen LogP contribution < -0.4 is 0 Å². The lowest BCUT2D eigenvalue weighted by Gasteiger charge is -2.20. The number of pyridine rings is 1. The summed E-state index contributed by atoms with van der Waals surface area (Å²) in [5.74, 6) is 0. The Labute approximate surface area is 110 Å². The van der Waals surface area contributed by atoms with Crippen LogP contribution in [0.1, 0.15) is 25.3 Å². The number of hydrogen-bond acceptors (Lipinski definition) is 4. The van der Waals surface area contributed by atoms with Gasteiger partial charge in [-0.15, -0.1) is 0 Å². The van der Waals surface area contributed by atoms with Crippen molar-refractivity contribution in [1.82, 2.24) is 9.88 Å². The fraction of sp³-hybridized carbons (Fsp3) is 0.643. The molecule has 0 aromatic carbocycles. The zero-order valence-corrected chi connectivity index (χ0v) is 11.4. The summed E-state index contributed by atoms with van der Waals surface area (Å²) in [6.45, 7) is 4.68. The molecule has 1 unspecified atom stereocenters. The second-order valence-corrected chi connectivity index (χ2v) is 4.64. The second kappa shape index (κ2) is 9.03. The van der Waals surface area contributed by atoms with Crippen molar-refractivity contribution in [3.05, 3.63) is 30.1 Å². The van der Waals surface area contributed by atoms with Gasteiger partial charge < -0.3 is 9.84 Å². The minimum atomic E-state index is -0.427. The Morgan fingerprint density at radius 1 is 1.50 bits per heavy atom. The van der Waals surface area contributed by atoms with Crippen molar-refractivity contribution in [1.29, 1.82) is 0 Å². The number of hydrogen-bond donors (Lipinski definition) is 1. The first-order valence-electron chi connectivity index (χ1n) is 6.55. The summed E-state index contributed by atoms with van der Waals surface area (Å²) in [6, 6.07) is 3.96. The molecule has 4 nitrogen and oxygen atoms in total. The zero-order chi connectivity index (χ0) is 13.2. The van der Waals surface area contributed by atoms with E-state index in [1.807, 2.05) is 25.4 Å². The molecule has 0 aliphatic carbocycles. The Bertz CT molecular complexity index is 306. The number of unbranched alkanes of at least 4 members (excludes halogenated alkanes) is 1. The van der Waals surface area contributed by atoms with E-state index in [1.54, 1.807) is 6.20 Å². The molecule has 1 heterocycles. The lowest BCUT2D eigenvalue weighted by atomic mass is 10.2. The van der Waals surface area contributed by atoms with Crippen molar-refractivity contribution in [2.45, 2.75) is 32.4 Å². The molecule has 0 saturated carbocycles. The molecule has 1 aromatic rings. The average Bonchev–Trinajstić information content (AvgIpc) is 2.35. The van der Waals surface area contributed by atoms with Crippen LogP contribution in [0.15, 0.2) is 24.5 Å². The first-order chi connectivity index (χ1) is 8.72. The van der Waals surface area contributed by atoms with Gasteiger partial charge in [-0.05, 0) is 25.1 Å². The maximum Gasteiger partial charge on any atom is 0.0900 e. The summed E-state index contributed by atoms with van der Waals surface area (Å²) in [5.41, 5.74) is 1.15. The minimum absolute atomic E-state index is 0.414. The lowest BCUT2D eigenvalue weighted by Crippen LogP contribution is -2.32. The topological polar surface area (TPSA) is 45.6 Å². The molecule has 0 aliphatic rings. The summed E-state index contributed by atoms with van der Waals surface area (Å²) in [4.78, 5) is 6.15. The van der Waals surface area contributed by atoms with E-state index in [0.29, 0.717) is 13.2 Å². The van der Waals surface area contributed by atoms with E-state index in [2.05, 4.69) is 16.8 Å². The first kappa shape index (κ1) is 15.1. The van der Waals surface area contributed by atoms with Gasteiger partial charge in [-0.3, -0.25) is 9.88 Å². The van der Waals surface area contributed by atoms with E-state index < -0.39 is 6.10 Å². The average molecular weight is 252 g/mol.